The molecule has 0 atom stereocenters. The third-order valence-corrected chi connectivity index (χ3v) is 2.83. The molecule has 0 spiro atoms. The molecule has 0 aliphatic carbocycles. The van der Waals surface area contributed by atoms with E-state index >= 15 is 0 Å². The zero-order valence-electron chi connectivity index (χ0n) is 8.20. The minimum Gasteiger partial charge on any atom is -0.488 e. The zero-order chi connectivity index (χ0) is 10.4. The van der Waals surface area contributed by atoms with Crippen LogP contribution in [0, 0.1) is 0 Å². The highest BCUT2D eigenvalue weighted by atomic mass is 35.5. The van der Waals surface area contributed by atoms with Gasteiger partial charge in [-0.15, -0.1) is 0 Å². The number of aromatic nitrogens is 2. The molecule has 3 rings (SSSR count). The van der Waals surface area contributed by atoms with E-state index < -0.39 is 0 Å². The van der Waals surface area contributed by atoms with Crippen LogP contribution < -0.4 is 4.74 Å². The molecule has 0 unspecified atom stereocenters. The zero-order valence-corrected chi connectivity index (χ0v) is 8.95. The maximum Gasteiger partial charge on any atom is 0.129 e. The van der Waals surface area contributed by atoms with Crippen LogP contribution in [0.25, 0.3) is 11.3 Å². The van der Waals surface area contributed by atoms with Gasteiger partial charge in [0.05, 0.1) is 11.9 Å². The standard InChI is InChI=1S/C11H9ClN2O/c1-14-11-7(5-13-14)6-15-10-3-2-8(12)4-9(10)11/h2-5H,6H2,1H3. The molecule has 4 heteroatoms. The summed E-state index contributed by atoms with van der Waals surface area (Å²) in [7, 11) is 1.93. The normalized spacial score (nSPS) is 12.9. The van der Waals surface area contributed by atoms with E-state index in [0.717, 1.165) is 22.6 Å². The van der Waals surface area contributed by atoms with Crippen LogP contribution >= 0.6 is 11.6 Å². The molecule has 1 aromatic carbocycles. The van der Waals surface area contributed by atoms with Crippen molar-refractivity contribution in [3.05, 3.63) is 35.0 Å². The molecule has 1 aromatic heterocycles. The number of hydrogen-bond donors (Lipinski definition) is 0. The third kappa shape index (κ3) is 1.23. The van der Waals surface area contributed by atoms with Crippen molar-refractivity contribution in [3.63, 3.8) is 0 Å². The first-order valence-corrected chi connectivity index (χ1v) is 5.07. The molecule has 0 N–H and O–H groups in total. The van der Waals surface area contributed by atoms with E-state index in [1.807, 2.05) is 36.1 Å². The number of hydrogen-bond acceptors (Lipinski definition) is 2. The fourth-order valence-electron chi connectivity index (χ4n) is 1.90. The minimum atomic E-state index is 0.581. The Morgan fingerprint density at radius 1 is 1.47 bits per heavy atom. The highest BCUT2D eigenvalue weighted by Gasteiger charge is 2.20. The summed E-state index contributed by atoms with van der Waals surface area (Å²) in [5, 5.41) is 4.93. The molecular weight excluding hydrogens is 212 g/mol. The summed E-state index contributed by atoms with van der Waals surface area (Å²) in [6.07, 6.45) is 1.83. The van der Waals surface area contributed by atoms with Crippen LogP contribution in [0.15, 0.2) is 24.4 Å². The molecule has 0 bridgehead atoms. The maximum atomic E-state index is 5.98. The summed E-state index contributed by atoms with van der Waals surface area (Å²) in [6.45, 7) is 0.581. The summed E-state index contributed by atoms with van der Waals surface area (Å²) in [5.74, 6) is 0.871. The van der Waals surface area contributed by atoms with E-state index in [9.17, 15) is 0 Å². The lowest BCUT2D eigenvalue weighted by Gasteiger charge is -2.18. The molecule has 0 saturated carbocycles. The first kappa shape index (κ1) is 8.80. The molecule has 0 radical (unpaired) electrons. The van der Waals surface area contributed by atoms with Crippen molar-refractivity contribution < 1.29 is 4.74 Å². The monoisotopic (exact) mass is 220 g/mol. The largest absolute Gasteiger partial charge is 0.488 e. The smallest absolute Gasteiger partial charge is 0.129 e. The van der Waals surface area contributed by atoms with Crippen molar-refractivity contribution in [3.8, 4) is 17.0 Å². The van der Waals surface area contributed by atoms with Gasteiger partial charge in [0.15, 0.2) is 0 Å². The molecule has 0 amide bonds. The van der Waals surface area contributed by atoms with Gasteiger partial charge in [-0.05, 0) is 18.2 Å². The van der Waals surface area contributed by atoms with Crippen LogP contribution in [0.3, 0.4) is 0 Å². The molecule has 0 saturated heterocycles. The van der Waals surface area contributed by atoms with Crippen molar-refractivity contribution in [1.29, 1.82) is 0 Å². The van der Waals surface area contributed by atoms with Crippen molar-refractivity contribution in [1.82, 2.24) is 9.78 Å². The molecule has 15 heavy (non-hydrogen) atoms. The summed E-state index contributed by atoms with van der Waals surface area (Å²) in [6, 6.07) is 5.64. The fraction of sp³-hybridized carbons (Fsp3) is 0.182. The van der Waals surface area contributed by atoms with Crippen LogP contribution in [-0.4, -0.2) is 9.78 Å². The summed E-state index contributed by atoms with van der Waals surface area (Å²) < 4.78 is 7.46. The van der Waals surface area contributed by atoms with Gasteiger partial charge >= 0.3 is 0 Å². The Morgan fingerprint density at radius 3 is 3.20 bits per heavy atom. The number of ether oxygens (including phenoxy) is 1. The maximum absolute atomic E-state index is 5.98. The second-order valence-corrected chi connectivity index (χ2v) is 4.01. The molecule has 2 aromatic rings. The highest BCUT2D eigenvalue weighted by Crippen LogP contribution is 2.38. The van der Waals surface area contributed by atoms with Crippen molar-refractivity contribution in [2.45, 2.75) is 6.61 Å². The van der Waals surface area contributed by atoms with E-state index in [2.05, 4.69) is 5.10 Å². The average Bonchev–Trinajstić information content (AvgIpc) is 2.60. The number of nitrogens with zero attached hydrogens (tertiary/aromatic N) is 2. The molecular formula is C11H9ClN2O. The Balaban J connectivity index is 2.31. The molecule has 3 nitrogen and oxygen atoms in total. The second-order valence-electron chi connectivity index (χ2n) is 3.57. The topological polar surface area (TPSA) is 27.1 Å². The van der Waals surface area contributed by atoms with Crippen LogP contribution in [0.2, 0.25) is 5.02 Å². The first-order chi connectivity index (χ1) is 7.25. The van der Waals surface area contributed by atoms with Crippen LogP contribution in [0.4, 0.5) is 0 Å². The van der Waals surface area contributed by atoms with Gasteiger partial charge in [-0.3, -0.25) is 4.68 Å². The average molecular weight is 221 g/mol. The van der Waals surface area contributed by atoms with Gasteiger partial charge in [0.25, 0.3) is 0 Å². The number of rotatable bonds is 0. The molecule has 0 fully saturated rings. The van der Waals surface area contributed by atoms with Crippen molar-refractivity contribution in [2.75, 3.05) is 0 Å². The lowest BCUT2D eigenvalue weighted by atomic mass is 10.0. The Bertz CT molecular complexity index is 533. The molecule has 2 heterocycles. The van der Waals surface area contributed by atoms with Gasteiger partial charge in [-0.25, -0.2) is 0 Å². The number of aryl methyl sites for hydroxylation is 1. The molecule has 1 aliphatic heterocycles. The van der Waals surface area contributed by atoms with E-state index in [1.165, 1.54) is 0 Å². The van der Waals surface area contributed by atoms with Crippen molar-refractivity contribution in [2.24, 2.45) is 7.05 Å². The van der Waals surface area contributed by atoms with Gasteiger partial charge in [0.1, 0.15) is 12.4 Å². The van der Waals surface area contributed by atoms with E-state index in [1.54, 1.807) is 0 Å². The van der Waals surface area contributed by atoms with E-state index in [-0.39, 0.29) is 0 Å². The highest BCUT2D eigenvalue weighted by molar-refractivity contribution is 6.31. The SMILES string of the molecule is Cn1ncc2c1-c1cc(Cl)ccc1OC2. The predicted octanol–water partition coefficient (Wildman–Crippen LogP) is 2.63. The second kappa shape index (κ2) is 3.00. The van der Waals surface area contributed by atoms with Gasteiger partial charge in [-0.2, -0.15) is 5.10 Å². The fourth-order valence-corrected chi connectivity index (χ4v) is 2.08. The van der Waals surface area contributed by atoms with Crippen LogP contribution in [0.5, 0.6) is 5.75 Å². The first-order valence-electron chi connectivity index (χ1n) is 4.69. The lowest BCUT2D eigenvalue weighted by Crippen LogP contribution is -2.06. The lowest BCUT2D eigenvalue weighted by molar-refractivity contribution is 0.302. The predicted molar refractivity (Wildman–Crippen MR) is 58.0 cm³/mol. The number of benzene rings is 1. The number of fused-ring (bicyclic) bond motifs is 3. The number of halogens is 1. The van der Waals surface area contributed by atoms with Gasteiger partial charge < -0.3 is 4.74 Å². The third-order valence-electron chi connectivity index (χ3n) is 2.59. The van der Waals surface area contributed by atoms with Gasteiger partial charge in [0, 0.05) is 23.2 Å². The minimum absolute atomic E-state index is 0.581. The van der Waals surface area contributed by atoms with Gasteiger partial charge in [0.2, 0.25) is 0 Å². The van der Waals surface area contributed by atoms with Crippen LogP contribution in [0.1, 0.15) is 5.56 Å². The summed E-state index contributed by atoms with van der Waals surface area (Å²) in [5.41, 5.74) is 3.22. The van der Waals surface area contributed by atoms with E-state index in [4.69, 9.17) is 16.3 Å². The Labute approximate surface area is 92.2 Å². The van der Waals surface area contributed by atoms with Gasteiger partial charge in [-0.1, -0.05) is 11.6 Å². The van der Waals surface area contributed by atoms with E-state index in [0.29, 0.717) is 11.6 Å². The Hall–Kier alpha value is -1.48. The van der Waals surface area contributed by atoms with Crippen LogP contribution in [-0.2, 0) is 13.7 Å². The Morgan fingerprint density at radius 2 is 2.33 bits per heavy atom. The molecule has 76 valence electrons. The summed E-state index contributed by atoms with van der Waals surface area (Å²) in [4.78, 5) is 0. The summed E-state index contributed by atoms with van der Waals surface area (Å²) >= 11 is 5.98. The Kier molecular flexibility index (Phi) is 1.76. The quantitative estimate of drug-likeness (QED) is 0.683. The van der Waals surface area contributed by atoms with Crippen molar-refractivity contribution >= 4 is 11.6 Å². The molecule has 1 aliphatic rings.